The van der Waals surface area contributed by atoms with Crippen molar-refractivity contribution in [2.75, 3.05) is 13.1 Å². The molecule has 17 heavy (non-hydrogen) atoms. The third kappa shape index (κ3) is 3.01. The van der Waals surface area contributed by atoms with E-state index in [9.17, 15) is 0 Å². The lowest BCUT2D eigenvalue weighted by Crippen LogP contribution is -2.61. The molecule has 0 saturated carbocycles. The van der Waals surface area contributed by atoms with E-state index in [1.54, 1.807) is 0 Å². The van der Waals surface area contributed by atoms with E-state index in [4.69, 9.17) is 0 Å². The Morgan fingerprint density at radius 2 is 2.18 bits per heavy atom. The average Bonchev–Trinajstić information content (AvgIpc) is 2.35. The summed E-state index contributed by atoms with van der Waals surface area (Å²) < 4.78 is 0. The molecule has 1 N–H and O–H groups in total. The molecule has 2 unspecified atom stereocenters. The van der Waals surface area contributed by atoms with Gasteiger partial charge in [-0.2, -0.15) is 0 Å². The molecule has 0 bridgehead atoms. The van der Waals surface area contributed by atoms with Gasteiger partial charge < -0.3 is 5.32 Å². The van der Waals surface area contributed by atoms with E-state index in [1.165, 1.54) is 0 Å². The maximum Gasteiger partial charge on any atom is 0.142 e. The largest absolute Gasteiger partial charge is 0.309 e. The van der Waals surface area contributed by atoms with Gasteiger partial charge in [-0.25, -0.2) is 9.97 Å². The molecule has 2 heterocycles. The first-order valence-corrected chi connectivity index (χ1v) is 6.38. The molecule has 4 nitrogen and oxygen atoms in total. The summed E-state index contributed by atoms with van der Waals surface area (Å²) in [5.74, 6) is 0.916. The van der Waals surface area contributed by atoms with Crippen molar-refractivity contribution in [1.82, 2.24) is 20.2 Å². The van der Waals surface area contributed by atoms with E-state index in [2.05, 4.69) is 41.0 Å². The van der Waals surface area contributed by atoms with Crippen LogP contribution in [0.2, 0.25) is 0 Å². The SMILES string of the molecule is CCC1(C)CN(Cc2ncccn2)C(C)CN1. The van der Waals surface area contributed by atoms with Crippen molar-refractivity contribution < 1.29 is 0 Å². The topological polar surface area (TPSA) is 41.1 Å². The third-order valence-corrected chi connectivity index (χ3v) is 3.74. The zero-order chi connectivity index (χ0) is 12.3. The number of piperazine rings is 1. The minimum absolute atomic E-state index is 0.224. The normalized spacial score (nSPS) is 30.4. The van der Waals surface area contributed by atoms with Crippen LogP contribution in [0.15, 0.2) is 18.5 Å². The van der Waals surface area contributed by atoms with Gasteiger partial charge in [-0.05, 0) is 26.3 Å². The Morgan fingerprint density at radius 3 is 2.82 bits per heavy atom. The first-order chi connectivity index (χ1) is 8.13. The van der Waals surface area contributed by atoms with Crippen LogP contribution >= 0.6 is 0 Å². The zero-order valence-electron chi connectivity index (χ0n) is 11.0. The van der Waals surface area contributed by atoms with Crippen molar-refractivity contribution in [3.63, 3.8) is 0 Å². The predicted octanol–water partition coefficient (Wildman–Crippen LogP) is 1.44. The number of aromatic nitrogens is 2. The van der Waals surface area contributed by atoms with Crippen LogP contribution < -0.4 is 5.32 Å². The van der Waals surface area contributed by atoms with Gasteiger partial charge in [0.05, 0.1) is 6.54 Å². The summed E-state index contributed by atoms with van der Waals surface area (Å²) >= 11 is 0. The Balaban J connectivity index is 2.04. The van der Waals surface area contributed by atoms with Gasteiger partial charge in [-0.1, -0.05) is 6.92 Å². The summed E-state index contributed by atoms with van der Waals surface area (Å²) in [6.45, 7) is 9.72. The van der Waals surface area contributed by atoms with Gasteiger partial charge in [0.2, 0.25) is 0 Å². The summed E-state index contributed by atoms with van der Waals surface area (Å²) in [4.78, 5) is 11.1. The molecule has 1 aliphatic heterocycles. The predicted molar refractivity (Wildman–Crippen MR) is 68.6 cm³/mol. The maximum atomic E-state index is 4.31. The van der Waals surface area contributed by atoms with Crippen LogP contribution in [0, 0.1) is 0 Å². The molecule has 1 aliphatic rings. The van der Waals surface area contributed by atoms with Crippen molar-refractivity contribution in [1.29, 1.82) is 0 Å². The molecule has 94 valence electrons. The van der Waals surface area contributed by atoms with Crippen molar-refractivity contribution in [2.45, 2.75) is 45.3 Å². The summed E-state index contributed by atoms with van der Waals surface area (Å²) in [7, 11) is 0. The van der Waals surface area contributed by atoms with Gasteiger partial charge in [0, 0.05) is 37.1 Å². The molecule has 1 aromatic heterocycles. The second kappa shape index (κ2) is 5.10. The molecule has 1 saturated heterocycles. The second-order valence-electron chi connectivity index (χ2n) is 5.21. The van der Waals surface area contributed by atoms with Crippen LogP contribution in [-0.2, 0) is 6.54 Å². The van der Waals surface area contributed by atoms with E-state index in [0.29, 0.717) is 6.04 Å². The molecule has 2 rings (SSSR count). The zero-order valence-corrected chi connectivity index (χ0v) is 11.0. The molecule has 1 fully saturated rings. The van der Waals surface area contributed by atoms with Crippen LogP contribution in [0.5, 0.6) is 0 Å². The highest BCUT2D eigenvalue weighted by atomic mass is 15.3. The highest BCUT2D eigenvalue weighted by Crippen LogP contribution is 2.19. The molecule has 4 heteroatoms. The third-order valence-electron chi connectivity index (χ3n) is 3.74. The number of hydrogen-bond donors (Lipinski definition) is 1. The molecule has 0 amide bonds. The molecule has 0 aliphatic carbocycles. The molecule has 0 radical (unpaired) electrons. The van der Waals surface area contributed by atoms with Crippen LogP contribution in [0.3, 0.4) is 0 Å². The Kier molecular flexibility index (Phi) is 3.74. The lowest BCUT2D eigenvalue weighted by Gasteiger charge is -2.44. The molecular formula is C13H22N4. The Bertz CT molecular complexity index is 354. The first kappa shape index (κ1) is 12.5. The minimum Gasteiger partial charge on any atom is -0.309 e. The highest BCUT2D eigenvalue weighted by molar-refractivity contribution is 4.96. The molecule has 1 aromatic rings. The lowest BCUT2D eigenvalue weighted by molar-refractivity contribution is 0.0842. The summed E-state index contributed by atoms with van der Waals surface area (Å²) in [6, 6.07) is 2.40. The van der Waals surface area contributed by atoms with Crippen molar-refractivity contribution in [2.24, 2.45) is 0 Å². The summed E-state index contributed by atoms with van der Waals surface area (Å²) in [5.41, 5.74) is 0.224. The fraction of sp³-hybridized carbons (Fsp3) is 0.692. The number of nitrogens with one attached hydrogen (secondary N) is 1. The maximum absolute atomic E-state index is 4.31. The van der Waals surface area contributed by atoms with E-state index in [0.717, 1.165) is 31.9 Å². The van der Waals surface area contributed by atoms with Crippen LogP contribution in [0.4, 0.5) is 0 Å². The summed E-state index contributed by atoms with van der Waals surface area (Å²) in [6.07, 6.45) is 4.77. The van der Waals surface area contributed by atoms with Gasteiger partial charge in [-0.15, -0.1) is 0 Å². The molecular weight excluding hydrogens is 212 g/mol. The lowest BCUT2D eigenvalue weighted by atomic mass is 9.94. The number of nitrogens with zero attached hydrogens (tertiary/aromatic N) is 3. The quantitative estimate of drug-likeness (QED) is 0.859. The average molecular weight is 234 g/mol. The van der Waals surface area contributed by atoms with Crippen LogP contribution in [-0.4, -0.2) is 39.5 Å². The highest BCUT2D eigenvalue weighted by Gasteiger charge is 2.32. The van der Waals surface area contributed by atoms with E-state index in [1.807, 2.05) is 18.5 Å². The smallest absolute Gasteiger partial charge is 0.142 e. The Labute approximate surface area is 103 Å². The standard InChI is InChI=1S/C13H22N4/c1-4-13(3)10-17(11(2)8-16-13)9-12-14-6-5-7-15-12/h5-7,11,16H,4,8-10H2,1-3H3. The molecule has 0 spiro atoms. The van der Waals surface area contributed by atoms with Gasteiger partial charge in [0.1, 0.15) is 5.82 Å². The van der Waals surface area contributed by atoms with Crippen LogP contribution in [0.25, 0.3) is 0 Å². The number of rotatable bonds is 3. The first-order valence-electron chi connectivity index (χ1n) is 6.38. The Morgan fingerprint density at radius 1 is 1.47 bits per heavy atom. The van der Waals surface area contributed by atoms with Gasteiger partial charge in [0.25, 0.3) is 0 Å². The van der Waals surface area contributed by atoms with E-state index < -0.39 is 0 Å². The van der Waals surface area contributed by atoms with Crippen molar-refractivity contribution in [3.05, 3.63) is 24.3 Å². The van der Waals surface area contributed by atoms with E-state index in [-0.39, 0.29) is 5.54 Å². The van der Waals surface area contributed by atoms with Gasteiger partial charge in [-0.3, -0.25) is 4.90 Å². The van der Waals surface area contributed by atoms with Crippen molar-refractivity contribution in [3.8, 4) is 0 Å². The molecule has 2 atom stereocenters. The second-order valence-corrected chi connectivity index (χ2v) is 5.21. The number of hydrogen-bond acceptors (Lipinski definition) is 4. The fourth-order valence-corrected chi connectivity index (χ4v) is 2.22. The van der Waals surface area contributed by atoms with Crippen molar-refractivity contribution >= 4 is 0 Å². The summed E-state index contributed by atoms with van der Waals surface area (Å²) in [5, 5.41) is 3.63. The van der Waals surface area contributed by atoms with Gasteiger partial charge in [0.15, 0.2) is 0 Å². The van der Waals surface area contributed by atoms with E-state index >= 15 is 0 Å². The minimum atomic E-state index is 0.224. The monoisotopic (exact) mass is 234 g/mol. The van der Waals surface area contributed by atoms with Gasteiger partial charge >= 0.3 is 0 Å². The fourth-order valence-electron chi connectivity index (χ4n) is 2.22. The van der Waals surface area contributed by atoms with Crippen LogP contribution in [0.1, 0.15) is 33.0 Å². The Hall–Kier alpha value is -1.00. The molecule has 0 aromatic carbocycles.